The first kappa shape index (κ1) is 7.79. The normalized spacial score (nSPS) is 9.80. The molecule has 0 amide bonds. The molecule has 0 spiro atoms. The average molecular weight is 243 g/mol. The molecule has 0 heterocycles. The topological polar surface area (TPSA) is 0 Å². The summed E-state index contributed by atoms with van der Waals surface area (Å²) in [5.41, 5.74) is 1.23. The second-order valence-corrected chi connectivity index (χ2v) is 3.08. The number of hydrogen-bond donors (Lipinski definition) is 0. The third-order valence-corrected chi connectivity index (χ3v) is 2.29. The Kier molecular flexibility index (Phi) is 2.93. The van der Waals surface area contributed by atoms with Gasteiger partial charge in [0.15, 0.2) is 0 Å². The van der Waals surface area contributed by atoms with E-state index < -0.39 is 0 Å². The summed E-state index contributed by atoms with van der Waals surface area (Å²) >= 11 is 2.27. The van der Waals surface area contributed by atoms with Crippen LogP contribution in [-0.2, 0) is 0 Å². The molecule has 0 fully saturated rings. The van der Waals surface area contributed by atoms with Gasteiger partial charge in [-0.05, 0) is 5.56 Å². The molecule has 0 saturated carbocycles. The zero-order valence-corrected chi connectivity index (χ0v) is 7.71. The van der Waals surface area contributed by atoms with Crippen molar-refractivity contribution in [3.05, 3.63) is 52.5 Å². The second kappa shape index (κ2) is 3.76. The fourth-order valence-electron chi connectivity index (χ4n) is 0.715. The minimum atomic E-state index is 1.19. The highest BCUT2D eigenvalue weighted by atomic mass is 127. The zero-order valence-electron chi connectivity index (χ0n) is 5.55. The molecule has 0 aliphatic rings. The first-order chi connectivity index (χ1) is 4.84. The van der Waals surface area contributed by atoms with Crippen molar-refractivity contribution in [3.63, 3.8) is 0 Å². The Morgan fingerprint density at radius 2 is 1.90 bits per heavy atom. The Bertz CT molecular complexity index is 203. The Morgan fingerprint density at radius 1 is 1.30 bits per heavy atom. The highest BCUT2D eigenvalue weighted by molar-refractivity contribution is 14.1. The Hall–Kier alpha value is -0.310. The summed E-state index contributed by atoms with van der Waals surface area (Å²) in [5, 5.41) is 0. The standard InChI is InChI=1S/C9H8I/c1-2-9(10)8-6-4-3-5-7-8/h2-7H,1H2. The molecule has 0 nitrogen and oxygen atoms in total. The van der Waals surface area contributed by atoms with Crippen molar-refractivity contribution in [1.82, 2.24) is 0 Å². The molecule has 0 aliphatic carbocycles. The minimum Gasteiger partial charge on any atom is -0.101 e. The first-order valence-corrected chi connectivity index (χ1v) is 4.13. The van der Waals surface area contributed by atoms with Gasteiger partial charge in [0.05, 0.1) is 3.92 Å². The fourth-order valence-corrected chi connectivity index (χ4v) is 1.07. The van der Waals surface area contributed by atoms with Gasteiger partial charge in [0.25, 0.3) is 0 Å². The zero-order chi connectivity index (χ0) is 7.40. The van der Waals surface area contributed by atoms with Crippen LogP contribution in [0.4, 0.5) is 0 Å². The van der Waals surface area contributed by atoms with Gasteiger partial charge >= 0.3 is 0 Å². The lowest BCUT2D eigenvalue weighted by Crippen LogP contribution is -1.82. The van der Waals surface area contributed by atoms with Crippen LogP contribution < -0.4 is 0 Å². The van der Waals surface area contributed by atoms with Crippen LogP contribution in [0.1, 0.15) is 5.56 Å². The van der Waals surface area contributed by atoms with E-state index in [1.165, 1.54) is 9.49 Å². The van der Waals surface area contributed by atoms with E-state index in [0.717, 1.165) is 0 Å². The van der Waals surface area contributed by atoms with E-state index in [9.17, 15) is 0 Å². The molecule has 0 bridgehead atoms. The lowest BCUT2D eigenvalue weighted by atomic mass is 10.2. The molecule has 10 heavy (non-hydrogen) atoms. The molecule has 1 heteroatoms. The molecule has 1 aromatic rings. The van der Waals surface area contributed by atoms with Gasteiger partial charge in [-0.1, -0.05) is 59.0 Å². The summed E-state index contributed by atoms with van der Waals surface area (Å²) in [6, 6.07) is 10.2. The molecular formula is C9H8I. The predicted octanol–water partition coefficient (Wildman–Crippen LogP) is 3.19. The van der Waals surface area contributed by atoms with Crippen LogP contribution in [-0.4, -0.2) is 0 Å². The SMILES string of the molecule is C=C[C](I)c1ccccc1. The van der Waals surface area contributed by atoms with Gasteiger partial charge in [-0.2, -0.15) is 0 Å². The predicted molar refractivity (Wildman–Crippen MR) is 53.0 cm³/mol. The van der Waals surface area contributed by atoms with Crippen molar-refractivity contribution in [2.45, 2.75) is 0 Å². The molecule has 51 valence electrons. The Labute approximate surface area is 75.1 Å². The van der Waals surface area contributed by atoms with Crippen molar-refractivity contribution in [3.8, 4) is 0 Å². The van der Waals surface area contributed by atoms with Crippen LogP contribution in [0.15, 0.2) is 43.0 Å². The smallest absolute Gasteiger partial charge is 0.0868 e. The molecule has 0 aliphatic heterocycles. The van der Waals surface area contributed by atoms with Crippen molar-refractivity contribution in [2.24, 2.45) is 0 Å². The number of benzene rings is 1. The van der Waals surface area contributed by atoms with E-state index in [2.05, 4.69) is 41.3 Å². The van der Waals surface area contributed by atoms with Crippen molar-refractivity contribution in [2.75, 3.05) is 0 Å². The summed E-state index contributed by atoms with van der Waals surface area (Å²) in [4.78, 5) is 0. The highest BCUT2D eigenvalue weighted by Crippen LogP contribution is 2.21. The molecule has 0 N–H and O–H groups in total. The molecule has 1 radical (unpaired) electrons. The molecule has 0 saturated heterocycles. The molecule has 0 aromatic heterocycles. The maximum atomic E-state index is 3.69. The van der Waals surface area contributed by atoms with Crippen molar-refractivity contribution >= 4 is 22.6 Å². The average Bonchev–Trinajstić information content (AvgIpc) is 2.05. The number of halogens is 1. The van der Waals surface area contributed by atoms with Crippen LogP contribution in [0, 0.1) is 3.92 Å². The molecule has 1 aromatic carbocycles. The molecule has 0 atom stereocenters. The van der Waals surface area contributed by atoms with Crippen LogP contribution in [0.25, 0.3) is 0 Å². The molecule has 1 rings (SSSR count). The van der Waals surface area contributed by atoms with Crippen LogP contribution in [0.3, 0.4) is 0 Å². The third kappa shape index (κ3) is 1.84. The maximum absolute atomic E-state index is 3.69. The minimum absolute atomic E-state index is 1.19. The molecular weight excluding hydrogens is 235 g/mol. The van der Waals surface area contributed by atoms with Crippen molar-refractivity contribution in [1.29, 1.82) is 0 Å². The monoisotopic (exact) mass is 243 g/mol. The van der Waals surface area contributed by atoms with Crippen LogP contribution >= 0.6 is 22.6 Å². The van der Waals surface area contributed by atoms with Crippen LogP contribution in [0.2, 0.25) is 0 Å². The lowest BCUT2D eigenvalue weighted by Gasteiger charge is -2.00. The van der Waals surface area contributed by atoms with Gasteiger partial charge in [-0.25, -0.2) is 0 Å². The summed E-state index contributed by atoms with van der Waals surface area (Å²) in [6.07, 6.45) is 1.86. The summed E-state index contributed by atoms with van der Waals surface area (Å²) in [7, 11) is 0. The van der Waals surface area contributed by atoms with Gasteiger partial charge < -0.3 is 0 Å². The van der Waals surface area contributed by atoms with Crippen molar-refractivity contribution < 1.29 is 0 Å². The Morgan fingerprint density at radius 3 is 2.40 bits per heavy atom. The summed E-state index contributed by atoms with van der Waals surface area (Å²) in [5.74, 6) is 0. The van der Waals surface area contributed by atoms with Gasteiger partial charge in [-0.15, -0.1) is 6.58 Å². The van der Waals surface area contributed by atoms with E-state index in [-0.39, 0.29) is 0 Å². The van der Waals surface area contributed by atoms with Gasteiger partial charge in [-0.3, -0.25) is 0 Å². The number of allylic oxidation sites excluding steroid dienone is 1. The van der Waals surface area contributed by atoms with E-state index in [4.69, 9.17) is 0 Å². The second-order valence-electron chi connectivity index (χ2n) is 1.92. The fraction of sp³-hybridized carbons (Fsp3) is 0. The van der Waals surface area contributed by atoms with E-state index >= 15 is 0 Å². The summed E-state index contributed by atoms with van der Waals surface area (Å²) in [6.45, 7) is 3.69. The highest BCUT2D eigenvalue weighted by Gasteiger charge is 1.99. The Balaban J connectivity index is 2.84. The first-order valence-electron chi connectivity index (χ1n) is 3.05. The van der Waals surface area contributed by atoms with E-state index in [1.54, 1.807) is 0 Å². The maximum Gasteiger partial charge on any atom is 0.0868 e. The molecule has 0 unspecified atom stereocenters. The van der Waals surface area contributed by atoms with E-state index in [1.807, 2.05) is 24.3 Å². The van der Waals surface area contributed by atoms with E-state index in [0.29, 0.717) is 0 Å². The number of rotatable bonds is 2. The van der Waals surface area contributed by atoms with Crippen LogP contribution in [0.5, 0.6) is 0 Å². The van der Waals surface area contributed by atoms with Gasteiger partial charge in [0.1, 0.15) is 0 Å². The summed E-state index contributed by atoms with van der Waals surface area (Å²) < 4.78 is 1.19. The number of hydrogen-bond acceptors (Lipinski definition) is 0. The third-order valence-electron chi connectivity index (χ3n) is 1.23. The van der Waals surface area contributed by atoms with Gasteiger partial charge in [0, 0.05) is 0 Å². The lowest BCUT2D eigenvalue weighted by molar-refractivity contribution is 1.51. The van der Waals surface area contributed by atoms with Gasteiger partial charge in [0.2, 0.25) is 0 Å². The quantitative estimate of drug-likeness (QED) is 0.700. The largest absolute Gasteiger partial charge is 0.101 e.